The van der Waals surface area contributed by atoms with E-state index in [1.54, 1.807) is 11.8 Å². The Morgan fingerprint density at radius 3 is 3.20 bits per heavy atom. The van der Waals surface area contributed by atoms with E-state index < -0.39 is 0 Å². The van der Waals surface area contributed by atoms with Crippen molar-refractivity contribution in [3.8, 4) is 0 Å². The largest absolute Gasteiger partial charge is 0.313 e. The second-order valence-corrected chi connectivity index (χ2v) is 6.74. The first-order chi connectivity index (χ1) is 9.83. The van der Waals surface area contributed by atoms with Crippen molar-refractivity contribution in [1.29, 1.82) is 0 Å². The standard InChI is InChI=1S/C15H22N4S/c1-12-5-4-6-13(11-12)16-8-10-20-15-18-17-14-7-2-3-9-19(14)15/h2-3,7,9,12-13,16H,4-6,8,10-11H2,1H3. The van der Waals surface area contributed by atoms with Crippen molar-refractivity contribution in [2.75, 3.05) is 12.3 Å². The maximum absolute atomic E-state index is 4.24. The molecule has 0 spiro atoms. The molecule has 2 atom stereocenters. The molecule has 1 N–H and O–H groups in total. The molecule has 0 radical (unpaired) electrons. The van der Waals surface area contributed by atoms with E-state index in [4.69, 9.17) is 0 Å². The molecular formula is C15H22N4S. The van der Waals surface area contributed by atoms with Gasteiger partial charge >= 0.3 is 0 Å². The zero-order valence-corrected chi connectivity index (χ0v) is 12.8. The van der Waals surface area contributed by atoms with E-state index >= 15 is 0 Å². The Morgan fingerprint density at radius 1 is 1.35 bits per heavy atom. The van der Waals surface area contributed by atoms with Crippen molar-refractivity contribution in [3.63, 3.8) is 0 Å². The van der Waals surface area contributed by atoms with Crippen LogP contribution in [-0.2, 0) is 0 Å². The lowest BCUT2D eigenvalue weighted by Gasteiger charge is -2.27. The molecule has 4 nitrogen and oxygen atoms in total. The van der Waals surface area contributed by atoms with Crippen molar-refractivity contribution >= 4 is 17.4 Å². The minimum absolute atomic E-state index is 0.717. The molecule has 1 fully saturated rings. The first-order valence-electron chi connectivity index (χ1n) is 7.49. The summed E-state index contributed by atoms with van der Waals surface area (Å²) in [7, 11) is 0. The van der Waals surface area contributed by atoms with Crippen molar-refractivity contribution in [2.45, 2.75) is 43.8 Å². The Balaban J connectivity index is 1.46. The van der Waals surface area contributed by atoms with Gasteiger partial charge in [0.05, 0.1) is 0 Å². The predicted molar refractivity (Wildman–Crippen MR) is 83.1 cm³/mol. The van der Waals surface area contributed by atoms with Crippen LogP contribution < -0.4 is 5.32 Å². The molecule has 2 aromatic heterocycles. The van der Waals surface area contributed by atoms with Crippen LogP contribution in [0.2, 0.25) is 0 Å². The van der Waals surface area contributed by atoms with Gasteiger partial charge in [0.15, 0.2) is 10.8 Å². The molecule has 2 heterocycles. The van der Waals surface area contributed by atoms with E-state index in [-0.39, 0.29) is 0 Å². The molecule has 0 aromatic carbocycles. The summed E-state index contributed by atoms with van der Waals surface area (Å²) in [6, 6.07) is 6.71. The molecule has 0 saturated heterocycles. The highest BCUT2D eigenvalue weighted by Gasteiger charge is 2.17. The Morgan fingerprint density at radius 2 is 2.30 bits per heavy atom. The fourth-order valence-corrected chi connectivity index (χ4v) is 3.74. The van der Waals surface area contributed by atoms with Crippen LogP contribution in [-0.4, -0.2) is 32.9 Å². The van der Waals surface area contributed by atoms with Gasteiger partial charge in [-0.1, -0.05) is 37.6 Å². The number of aromatic nitrogens is 3. The fraction of sp³-hybridized carbons (Fsp3) is 0.600. The number of hydrogen-bond acceptors (Lipinski definition) is 4. The lowest BCUT2D eigenvalue weighted by atomic mass is 9.87. The zero-order valence-electron chi connectivity index (χ0n) is 12.0. The van der Waals surface area contributed by atoms with E-state index in [1.165, 1.54) is 25.7 Å². The Kier molecular flexibility index (Phi) is 4.58. The molecule has 2 aromatic rings. The molecule has 0 bridgehead atoms. The van der Waals surface area contributed by atoms with Crippen LogP contribution in [0.3, 0.4) is 0 Å². The van der Waals surface area contributed by atoms with Gasteiger partial charge in [-0.2, -0.15) is 0 Å². The monoisotopic (exact) mass is 290 g/mol. The third-order valence-corrected chi connectivity index (χ3v) is 4.93. The normalized spacial score (nSPS) is 23.2. The minimum atomic E-state index is 0.717. The topological polar surface area (TPSA) is 42.2 Å². The van der Waals surface area contributed by atoms with E-state index in [2.05, 4.69) is 22.4 Å². The first-order valence-corrected chi connectivity index (χ1v) is 8.47. The number of pyridine rings is 1. The molecule has 1 aliphatic carbocycles. The fourth-order valence-electron chi connectivity index (χ4n) is 2.94. The van der Waals surface area contributed by atoms with Gasteiger partial charge < -0.3 is 5.32 Å². The van der Waals surface area contributed by atoms with E-state index in [1.807, 2.05) is 28.8 Å². The molecule has 5 heteroatoms. The summed E-state index contributed by atoms with van der Waals surface area (Å²) < 4.78 is 2.05. The lowest BCUT2D eigenvalue weighted by Crippen LogP contribution is -2.34. The molecule has 1 saturated carbocycles. The van der Waals surface area contributed by atoms with Crippen LogP contribution in [0.1, 0.15) is 32.6 Å². The lowest BCUT2D eigenvalue weighted by molar-refractivity contribution is 0.306. The van der Waals surface area contributed by atoms with Crippen molar-refractivity contribution in [1.82, 2.24) is 19.9 Å². The summed E-state index contributed by atoms with van der Waals surface area (Å²) in [5.74, 6) is 1.93. The number of hydrogen-bond donors (Lipinski definition) is 1. The van der Waals surface area contributed by atoms with Crippen LogP contribution in [0.5, 0.6) is 0 Å². The first kappa shape index (κ1) is 13.9. The molecule has 2 unspecified atom stereocenters. The van der Waals surface area contributed by atoms with Gasteiger partial charge in [-0.25, -0.2) is 0 Å². The highest BCUT2D eigenvalue weighted by atomic mass is 32.2. The third kappa shape index (κ3) is 3.33. The van der Waals surface area contributed by atoms with Gasteiger partial charge in [-0.15, -0.1) is 10.2 Å². The molecular weight excluding hydrogens is 268 g/mol. The van der Waals surface area contributed by atoms with Crippen LogP contribution in [0.15, 0.2) is 29.6 Å². The van der Waals surface area contributed by atoms with Crippen LogP contribution >= 0.6 is 11.8 Å². The molecule has 0 aliphatic heterocycles. The maximum Gasteiger partial charge on any atom is 0.195 e. The summed E-state index contributed by atoms with van der Waals surface area (Å²) in [4.78, 5) is 0. The average molecular weight is 290 g/mol. The quantitative estimate of drug-likeness (QED) is 0.679. The highest BCUT2D eigenvalue weighted by Crippen LogP contribution is 2.23. The molecule has 1 aliphatic rings. The van der Waals surface area contributed by atoms with Gasteiger partial charge in [-0.3, -0.25) is 4.40 Å². The summed E-state index contributed by atoms with van der Waals surface area (Å²) in [5.41, 5.74) is 0.920. The SMILES string of the molecule is CC1CCCC(NCCSc2nnc3ccccn23)C1. The minimum Gasteiger partial charge on any atom is -0.313 e. The summed E-state index contributed by atoms with van der Waals surface area (Å²) in [6.07, 6.45) is 7.47. The number of thioether (sulfide) groups is 1. The number of nitrogens with one attached hydrogen (secondary N) is 1. The van der Waals surface area contributed by atoms with Crippen LogP contribution in [0.4, 0.5) is 0 Å². The number of fused-ring (bicyclic) bond motifs is 1. The van der Waals surface area contributed by atoms with Gasteiger partial charge in [-0.05, 0) is 30.9 Å². The summed E-state index contributed by atoms with van der Waals surface area (Å²) >= 11 is 1.77. The van der Waals surface area contributed by atoms with Crippen molar-refractivity contribution in [2.24, 2.45) is 5.92 Å². The molecule has 3 rings (SSSR count). The van der Waals surface area contributed by atoms with Gasteiger partial charge in [0, 0.05) is 24.5 Å². The molecule has 20 heavy (non-hydrogen) atoms. The Hall–Kier alpha value is -1.07. The van der Waals surface area contributed by atoms with Gasteiger partial charge in [0.2, 0.25) is 0 Å². The van der Waals surface area contributed by atoms with Gasteiger partial charge in [0.1, 0.15) is 0 Å². The van der Waals surface area contributed by atoms with Crippen molar-refractivity contribution in [3.05, 3.63) is 24.4 Å². The maximum atomic E-state index is 4.24. The second-order valence-electron chi connectivity index (χ2n) is 5.68. The Labute approximate surface area is 124 Å². The van der Waals surface area contributed by atoms with Gasteiger partial charge in [0.25, 0.3) is 0 Å². The Bertz CT molecular complexity index is 554. The van der Waals surface area contributed by atoms with Crippen LogP contribution in [0, 0.1) is 5.92 Å². The van der Waals surface area contributed by atoms with Crippen molar-refractivity contribution < 1.29 is 0 Å². The smallest absolute Gasteiger partial charge is 0.195 e. The predicted octanol–water partition coefficient (Wildman–Crippen LogP) is 2.99. The number of nitrogens with zero attached hydrogens (tertiary/aromatic N) is 3. The van der Waals surface area contributed by atoms with E-state index in [0.717, 1.165) is 35.1 Å². The molecule has 108 valence electrons. The third-order valence-electron chi connectivity index (χ3n) is 3.99. The van der Waals surface area contributed by atoms with Crippen LogP contribution in [0.25, 0.3) is 5.65 Å². The molecule has 0 amide bonds. The van der Waals surface area contributed by atoms with E-state index in [0.29, 0.717) is 0 Å². The average Bonchev–Trinajstić information content (AvgIpc) is 2.87. The van der Waals surface area contributed by atoms with E-state index in [9.17, 15) is 0 Å². The summed E-state index contributed by atoms with van der Waals surface area (Å²) in [5, 5.41) is 13.1. The number of rotatable bonds is 5. The second kappa shape index (κ2) is 6.59. The zero-order chi connectivity index (χ0) is 13.8. The highest BCUT2D eigenvalue weighted by molar-refractivity contribution is 7.99. The summed E-state index contributed by atoms with van der Waals surface area (Å²) in [6.45, 7) is 3.41.